The number of likely N-dealkylation sites (tertiary alicyclic amines) is 1. The molecule has 2 amide bonds. The number of para-hydroxylation sites is 1. The van der Waals surface area contributed by atoms with Gasteiger partial charge in [0.15, 0.2) is 11.5 Å². The Bertz CT molecular complexity index is 632. The molecule has 2 aliphatic rings. The molecule has 1 aromatic carbocycles. The third-order valence-electron chi connectivity index (χ3n) is 4.69. The van der Waals surface area contributed by atoms with Crippen LogP contribution in [0.5, 0.6) is 11.5 Å². The molecule has 136 valence electrons. The van der Waals surface area contributed by atoms with Crippen molar-refractivity contribution in [2.45, 2.75) is 51.6 Å². The molecule has 1 atom stereocenters. The molecule has 1 aromatic rings. The van der Waals surface area contributed by atoms with E-state index < -0.39 is 0 Å². The van der Waals surface area contributed by atoms with E-state index in [9.17, 15) is 9.59 Å². The Morgan fingerprint density at radius 3 is 2.92 bits per heavy atom. The number of hydrogen-bond donors (Lipinski definition) is 1. The molecule has 0 aliphatic carbocycles. The van der Waals surface area contributed by atoms with Gasteiger partial charge in [-0.2, -0.15) is 0 Å². The summed E-state index contributed by atoms with van der Waals surface area (Å²) < 4.78 is 11.3. The number of fused-ring (bicyclic) bond motifs is 1. The van der Waals surface area contributed by atoms with Gasteiger partial charge in [0, 0.05) is 25.1 Å². The molecule has 0 aromatic heterocycles. The highest BCUT2D eigenvalue weighted by atomic mass is 16.6. The third kappa shape index (κ3) is 4.06. The quantitative estimate of drug-likeness (QED) is 0.888. The van der Waals surface area contributed by atoms with Crippen LogP contribution in [-0.4, -0.2) is 42.5 Å². The molecule has 1 N–H and O–H groups in total. The predicted octanol–water partition coefficient (Wildman–Crippen LogP) is 2.26. The molecule has 1 saturated heterocycles. The van der Waals surface area contributed by atoms with Crippen molar-refractivity contribution in [3.63, 3.8) is 0 Å². The van der Waals surface area contributed by atoms with Crippen LogP contribution in [0.3, 0.4) is 0 Å². The van der Waals surface area contributed by atoms with Gasteiger partial charge < -0.3 is 19.7 Å². The van der Waals surface area contributed by atoms with Gasteiger partial charge in [-0.15, -0.1) is 0 Å². The van der Waals surface area contributed by atoms with E-state index in [-0.39, 0.29) is 17.9 Å². The topological polar surface area (TPSA) is 67.9 Å². The number of hydrogen-bond acceptors (Lipinski definition) is 4. The van der Waals surface area contributed by atoms with E-state index in [1.807, 2.05) is 25.1 Å². The van der Waals surface area contributed by atoms with Crippen LogP contribution < -0.4 is 14.8 Å². The number of carbonyl (C=O) groups is 2. The number of nitrogens with zero attached hydrogens (tertiary/aromatic N) is 1. The number of amides is 2. The average Bonchev–Trinajstić information content (AvgIpc) is 2.66. The molecule has 3 rings (SSSR count). The lowest BCUT2D eigenvalue weighted by Crippen LogP contribution is -2.51. The fourth-order valence-electron chi connectivity index (χ4n) is 3.43. The maximum Gasteiger partial charge on any atom is 0.243 e. The number of piperidine rings is 1. The van der Waals surface area contributed by atoms with Gasteiger partial charge in [0.2, 0.25) is 11.8 Å². The van der Waals surface area contributed by atoms with Crippen molar-refractivity contribution in [2.24, 2.45) is 0 Å². The van der Waals surface area contributed by atoms with Crippen molar-refractivity contribution in [2.75, 3.05) is 19.8 Å². The zero-order valence-corrected chi connectivity index (χ0v) is 14.8. The lowest BCUT2D eigenvalue weighted by molar-refractivity contribution is -0.142. The summed E-state index contributed by atoms with van der Waals surface area (Å²) in [4.78, 5) is 26.7. The van der Waals surface area contributed by atoms with Crippen LogP contribution in [0.2, 0.25) is 0 Å². The second-order valence-corrected chi connectivity index (χ2v) is 6.51. The Balaban J connectivity index is 1.64. The van der Waals surface area contributed by atoms with Gasteiger partial charge in [-0.05, 0) is 31.7 Å². The first kappa shape index (κ1) is 17.6. The molecule has 2 heterocycles. The minimum Gasteiger partial charge on any atom is -0.486 e. The molecular formula is C19H26N2O4. The fourth-order valence-corrected chi connectivity index (χ4v) is 3.43. The summed E-state index contributed by atoms with van der Waals surface area (Å²) in [6.07, 6.45) is 3.98. The first-order valence-electron chi connectivity index (χ1n) is 9.15. The third-order valence-corrected chi connectivity index (χ3v) is 4.69. The number of carbonyl (C=O) groups excluding carboxylic acids is 2. The van der Waals surface area contributed by atoms with E-state index >= 15 is 0 Å². The van der Waals surface area contributed by atoms with E-state index in [0.717, 1.165) is 37.0 Å². The Morgan fingerprint density at radius 2 is 2.08 bits per heavy atom. The molecule has 0 radical (unpaired) electrons. The molecule has 0 saturated carbocycles. The van der Waals surface area contributed by atoms with Crippen molar-refractivity contribution < 1.29 is 19.1 Å². The first-order valence-corrected chi connectivity index (χ1v) is 9.15. The molecule has 0 bridgehead atoms. The highest BCUT2D eigenvalue weighted by Gasteiger charge is 2.31. The second-order valence-electron chi connectivity index (χ2n) is 6.51. The van der Waals surface area contributed by atoms with Crippen LogP contribution in [-0.2, 0) is 16.1 Å². The lowest BCUT2D eigenvalue weighted by Gasteiger charge is -2.35. The summed E-state index contributed by atoms with van der Waals surface area (Å²) in [5.74, 6) is 1.42. The van der Waals surface area contributed by atoms with Gasteiger partial charge in [0.05, 0.1) is 0 Å². The fraction of sp³-hybridized carbons (Fsp3) is 0.579. The summed E-state index contributed by atoms with van der Waals surface area (Å²) >= 11 is 0. The van der Waals surface area contributed by atoms with Gasteiger partial charge in [0.25, 0.3) is 0 Å². The Hall–Kier alpha value is -2.24. The van der Waals surface area contributed by atoms with E-state index in [0.29, 0.717) is 38.5 Å². The molecule has 1 fully saturated rings. The largest absolute Gasteiger partial charge is 0.486 e. The smallest absolute Gasteiger partial charge is 0.243 e. The normalized spacial score (nSPS) is 19.4. The van der Waals surface area contributed by atoms with Crippen LogP contribution in [0.4, 0.5) is 0 Å². The zero-order valence-electron chi connectivity index (χ0n) is 14.8. The number of benzene rings is 1. The van der Waals surface area contributed by atoms with Crippen LogP contribution in [0, 0.1) is 0 Å². The molecule has 0 spiro atoms. The van der Waals surface area contributed by atoms with E-state index in [1.165, 1.54) is 0 Å². The highest BCUT2D eigenvalue weighted by Crippen LogP contribution is 2.33. The van der Waals surface area contributed by atoms with Crippen LogP contribution >= 0.6 is 0 Å². The summed E-state index contributed by atoms with van der Waals surface area (Å²) in [5, 5.41) is 2.98. The van der Waals surface area contributed by atoms with Crippen molar-refractivity contribution in [3.8, 4) is 11.5 Å². The van der Waals surface area contributed by atoms with Crippen molar-refractivity contribution >= 4 is 11.8 Å². The summed E-state index contributed by atoms with van der Waals surface area (Å²) in [6.45, 7) is 4.09. The Labute approximate surface area is 148 Å². The number of nitrogens with one attached hydrogen (secondary N) is 1. The second kappa shape index (κ2) is 8.23. The van der Waals surface area contributed by atoms with Crippen molar-refractivity contribution in [3.05, 3.63) is 23.8 Å². The predicted molar refractivity (Wildman–Crippen MR) is 93.5 cm³/mol. The highest BCUT2D eigenvalue weighted by molar-refractivity contribution is 5.87. The Morgan fingerprint density at radius 1 is 1.24 bits per heavy atom. The summed E-state index contributed by atoms with van der Waals surface area (Å²) in [5.41, 5.74) is 0.896. The van der Waals surface area contributed by atoms with E-state index in [4.69, 9.17) is 9.47 Å². The molecule has 6 heteroatoms. The van der Waals surface area contributed by atoms with Gasteiger partial charge in [-0.25, -0.2) is 0 Å². The first-order chi connectivity index (χ1) is 12.2. The minimum atomic E-state index is -0.357. The summed E-state index contributed by atoms with van der Waals surface area (Å²) in [7, 11) is 0. The van der Waals surface area contributed by atoms with Crippen molar-refractivity contribution in [1.82, 2.24) is 10.2 Å². The van der Waals surface area contributed by atoms with Crippen LogP contribution in [0.15, 0.2) is 18.2 Å². The number of rotatable bonds is 5. The van der Waals surface area contributed by atoms with E-state index in [2.05, 4.69) is 5.32 Å². The van der Waals surface area contributed by atoms with Crippen molar-refractivity contribution in [1.29, 1.82) is 0 Å². The van der Waals surface area contributed by atoms with Gasteiger partial charge in [-0.1, -0.05) is 19.1 Å². The van der Waals surface area contributed by atoms with Gasteiger partial charge in [-0.3, -0.25) is 9.59 Å². The minimum absolute atomic E-state index is 0.0798. The van der Waals surface area contributed by atoms with Crippen LogP contribution in [0.25, 0.3) is 0 Å². The molecule has 0 unspecified atom stereocenters. The standard InChI is InChI=1S/C19H26N2O4/c1-2-6-17(22)21-10-4-3-8-15(21)19(23)20-13-14-7-5-9-16-18(14)25-12-11-24-16/h5,7,9,15H,2-4,6,8,10-13H2,1H3,(H,20,23)/t15-/m1/s1. The van der Waals surface area contributed by atoms with Gasteiger partial charge in [0.1, 0.15) is 19.3 Å². The monoisotopic (exact) mass is 346 g/mol. The Kier molecular flexibility index (Phi) is 5.79. The zero-order chi connectivity index (χ0) is 17.6. The lowest BCUT2D eigenvalue weighted by atomic mass is 10.0. The van der Waals surface area contributed by atoms with Gasteiger partial charge >= 0.3 is 0 Å². The summed E-state index contributed by atoms with van der Waals surface area (Å²) in [6, 6.07) is 5.33. The SMILES string of the molecule is CCCC(=O)N1CCCC[C@@H]1C(=O)NCc1cccc2c1OCCO2. The maximum absolute atomic E-state index is 12.7. The molecule has 6 nitrogen and oxygen atoms in total. The maximum atomic E-state index is 12.7. The molecular weight excluding hydrogens is 320 g/mol. The molecule has 25 heavy (non-hydrogen) atoms. The average molecular weight is 346 g/mol. The number of ether oxygens (including phenoxy) is 2. The van der Waals surface area contributed by atoms with E-state index in [1.54, 1.807) is 4.90 Å². The molecule has 2 aliphatic heterocycles. The van der Waals surface area contributed by atoms with Crippen LogP contribution in [0.1, 0.15) is 44.6 Å².